The molecule has 10 saturated heterocycles. The highest BCUT2D eigenvalue weighted by Crippen LogP contribution is 2.58. The fourth-order valence-electron chi connectivity index (χ4n) is 11.7. The normalized spacial score (nSPS) is 53.8. The third-order valence-corrected chi connectivity index (χ3v) is 14.5. The number of rotatable bonds is 3. The molecule has 19 atom stereocenters. The van der Waals surface area contributed by atoms with E-state index in [2.05, 4.69) is 33.9 Å². The van der Waals surface area contributed by atoms with E-state index in [0.717, 1.165) is 56.1 Å². The van der Waals surface area contributed by atoms with Crippen molar-refractivity contribution in [2.75, 3.05) is 6.61 Å². The first kappa shape index (κ1) is 36.4. The van der Waals surface area contributed by atoms with Gasteiger partial charge >= 0.3 is 0 Å². The molecule has 0 aromatic carbocycles. The van der Waals surface area contributed by atoms with E-state index in [4.69, 9.17) is 37.9 Å². The van der Waals surface area contributed by atoms with Crippen molar-refractivity contribution < 1.29 is 52.9 Å². The number of hydrogen-bond donors (Lipinski definition) is 2. The molecular formula is C41H60O11. The third-order valence-electron chi connectivity index (χ3n) is 14.5. The maximum Gasteiger partial charge on any atom is 0.172 e. The number of aliphatic hydroxyl groups is 2. The number of fused-ring (bicyclic) bond motifs is 6. The maximum absolute atomic E-state index is 14.0. The molecule has 2 N–H and O–H groups in total. The van der Waals surface area contributed by atoms with Crippen LogP contribution in [0.2, 0.25) is 0 Å². The minimum Gasteiger partial charge on any atom is -0.394 e. The zero-order valence-corrected chi connectivity index (χ0v) is 31.2. The average Bonchev–Trinajstić information content (AvgIpc) is 3.73. The van der Waals surface area contributed by atoms with Crippen molar-refractivity contribution in [1.82, 2.24) is 0 Å². The summed E-state index contributed by atoms with van der Waals surface area (Å²) < 4.78 is 54.4. The maximum atomic E-state index is 14.0. The first-order valence-corrected chi connectivity index (χ1v) is 20.4. The summed E-state index contributed by atoms with van der Waals surface area (Å²) in [6.45, 7) is 15.1. The van der Waals surface area contributed by atoms with Crippen molar-refractivity contribution in [2.24, 2.45) is 17.8 Å². The second kappa shape index (κ2) is 13.7. The summed E-state index contributed by atoms with van der Waals surface area (Å²) in [4.78, 5) is 14.0. The Morgan fingerprint density at radius 2 is 1.56 bits per heavy atom. The van der Waals surface area contributed by atoms with Gasteiger partial charge in [0.25, 0.3) is 0 Å². The molecule has 10 aliphatic heterocycles. The molecule has 10 fully saturated rings. The highest BCUT2D eigenvalue weighted by Gasteiger charge is 2.73. The van der Waals surface area contributed by atoms with Gasteiger partial charge in [0, 0.05) is 38.5 Å². The summed E-state index contributed by atoms with van der Waals surface area (Å²) in [5, 5.41) is 20.0. The Morgan fingerprint density at radius 1 is 0.788 bits per heavy atom. The predicted molar refractivity (Wildman–Crippen MR) is 187 cm³/mol. The molecule has 11 heteroatoms. The van der Waals surface area contributed by atoms with E-state index < -0.39 is 17.5 Å². The molecule has 1 spiro atoms. The van der Waals surface area contributed by atoms with Gasteiger partial charge in [-0.05, 0) is 80.8 Å². The number of ether oxygens (including phenoxy) is 8. The third kappa shape index (κ3) is 6.40. The van der Waals surface area contributed by atoms with E-state index >= 15 is 0 Å². The fraction of sp³-hybridized carbons (Fsp3) is 0.878. The van der Waals surface area contributed by atoms with Crippen LogP contribution in [0.15, 0.2) is 24.3 Å². The van der Waals surface area contributed by atoms with E-state index in [0.29, 0.717) is 44.4 Å². The molecule has 11 nitrogen and oxygen atoms in total. The Bertz CT molecular complexity index is 1400. The molecule has 0 amide bonds. The van der Waals surface area contributed by atoms with Crippen LogP contribution < -0.4 is 0 Å². The molecule has 3 unspecified atom stereocenters. The minimum atomic E-state index is -0.875. The van der Waals surface area contributed by atoms with Gasteiger partial charge in [-0.1, -0.05) is 27.0 Å². The predicted octanol–water partition coefficient (Wildman–Crippen LogP) is 4.48. The van der Waals surface area contributed by atoms with Crippen molar-refractivity contribution in [2.45, 2.75) is 201 Å². The Hall–Kier alpha value is -1.25. The lowest BCUT2D eigenvalue weighted by Gasteiger charge is -2.47. The molecule has 52 heavy (non-hydrogen) atoms. The lowest BCUT2D eigenvalue weighted by molar-refractivity contribution is -0.294. The second-order valence-corrected chi connectivity index (χ2v) is 18.2. The largest absolute Gasteiger partial charge is 0.394 e. The van der Waals surface area contributed by atoms with Crippen LogP contribution in [-0.4, -0.2) is 119 Å². The number of ketones is 1. The molecule has 10 heterocycles. The van der Waals surface area contributed by atoms with Crippen molar-refractivity contribution in [3.05, 3.63) is 24.3 Å². The van der Waals surface area contributed by atoms with Crippen LogP contribution in [0, 0.1) is 17.8 Å². The Morgan fingerprint density at radius 3 is 2.38 bits per heavy atom. The van der Waals surface area contributed by atoms with Gasteiger partial charge in [0.1, 0.15) is 41.9 Å². The summed E-state index contributed by atoms with van der Waals surface area (Å²) >= 11 is 0. The molecule has 12 bridgehead atoms. The number of aliphatic hydroxyl groups excluding tert-OH is 2. The summed E-state index contributed by atoms with van der Waals surface area (Å²) in [5.74, 6) is -0.418. The van der Waals surface area contributed by atoms with Crippen LogP contribution in [0.5, 0.6) is 0 Å². The van der Waals surface area contributed by atoms with Gasteiger partial charge in [-0.15, -0.1) is 0 Å². The van der Waals surface area contributed by atoms with Gasteiger partial charge in [0.15, 0.2) is 5.79 Å². The van der Waals surface area contributed by atoms with E-state index in [1.807, 2.05) is 0 Å². The molecule has 10 rings (SSSR count). The summed E-state index contributed by atoms with van der Waals surface area (Å²) in [5.41, 5.74) is 1.72. The summed E-state index contributed by atoms with van der Waals surface area (Å²) in [7, 11) is 0. The van der Waals surface area contributed by atoms with Gasteiger partial charge < -0.3 is 48.1 Å². The standard InChI is InChI=1S/C41H60O11/c1-20-12-26-6-8-30-21(2)13-28(45-30)10-11-41-19-40(5)39(52-41)38-37(50-40)36(51-41)35-31(49-38)9-7-27(47-35)14-24(43)15-29-23(4)32(16-25(44)18-42)48-34(29)17-33(46-26)22(20)3/h20,23,25-39,42,44H,2-3,6-19H2,1,4-5H3/t20-,23-,25+,26+,27?,28?,29-,30+,31+,32-,33?,34+,35+,36+,37+,38-,39-,40-,41-/m1/s1. The SMILES string of the molecule is C=C1C2C[C@@H]3O[C@H](C[C@H](O)CO)[C@H](C)[C@H]3CC(=O)CC3CC[C@@H]4O[C@@H]5[C@H]6O[C@]7(C)C[C@](CCC8CC(=C)[C@H](CC[C@@H](C[C@H]1C)O2)O8)(O[C@H]6[C@H]4O3)O[C@H]57. The van der Waals surface area contributed by atoms with Crippen LogP contribution in [0.4, 0.5) is 0 Å². The quantitative estimate of drug-likeness (QED) is 0.399. The van der Waals surface area contributed by atoms with Gasteiger partial charge in [0.05, 0.1) is 61.5 Å². The smallest absolute Gasteiger partial charge is 0.172 e. The summed E-state index contributed by atoms with van der Waals surface area (Å²) in [6, 6.07) is 0. The molecule has 0 aromatic rings. The summed E-state index contributed by atoms with van der Waals surface area (Å²) in [6.07, 6.45) is 5.40. The van der Waals surface area contributed by atoms with E-state index in [9.17, 15) is 15.0 Å². The molecule has 290 valence electrons. The number of carbonyl (C=O) groups is 1. The number of hydrogen-bond acceptors (Lipinski definition) is 11. The molecule has 0 radical (unpaired) electrons. The van der Waals surface area contributed by atoms with Crippen LogP contribution in [0.25, 0.3) is 0 Å². The van der Waals surface area contributed by atoms with Gasteiger partial charge in [-0.2, -0.15) is 0 Å². The van der Waals surface area contributed by atoms with Crippen molar-refractivity contribution in [3.63, 3.8) is 0 Å². The van der Waals surface area contributed by atoms with Gasteiger partial charge in [-0.25, -0.2) is 0 Å². The number of carbonyl (C=O) groups excluding carboxylic acids is 1. The van der Waals surface area contributed by atoms with Crippen molar-refractivity contribution >= 4 is 5.78 Å². The Kier molecular flexibility index (Phi) is 9.62. The zero-order chi connectivity index (χ0) is 36.1. The van der Waals surface area contributed by atoms with Crippen molar-refractivity contribution in [1.29, 1.82) is 0 Å². The Balaban J connectivity index is 0.994. The monoisotopic (exact) mass is 728 g/mol. The topological polar surface area (TPSA) is 131 Å². The number of Topliss-reactive ketones (excluding diaryl/α,β-unsaturated/α-hetero) is 1. The van der Waals surface area contributed by atoms with Crippen LogP contribution in [0.1, 0.15) is 104 Å². The zero-order valence-electron chi connectivity index (χ0n) is 31.2. The lowest BCUT2D eigenvalue weighted by Crippen LogP contribution is -2.61. The van der Waals surface area contributed by atoms with E-state index in [1.165, 1.54) is 0 Å². The first-order valence-electron chi connectivity index (χ1n) is 20.4. The average molecular weight is 729 g/mol. The van der Waals surface area contributed by atoms with Gasteiger partial charge in [0.2, 0.25) is 0 Å². The van der Waals surface area contributed by atoms with Crippen LogP contribution in [0.3, 0.4) is 0 Å². The van der Waals surface area contributed by atoms with Crippen molar-refractivity contribution in [3.8, 4) is 0 Å². The highest BCUT2D eigenvalue weighted by molar-refractivity contribution is 5.79. The first-order chi connectivity index (χ1) is 24.9. The lowest BCUT2D eigenvalue weighted by atomic mass is 9.78. The molecule has 10 aliphatic rings. The Labute approximate surface area is 308 Å². The molecule has 0 aliphatic carbocycles. The second-order valence-electron chi connectivity index (χ2n) is 18.2. The van der Waals surface area contributed by atoms with Crippen LogP contribution in [-0.2, 0) is 42.7 Å². The molecule has 0 aromatic heterocycles. The fourth-order valence-corrected chi connectivity index (χ4v) is 11.7. The van der Waals surface area contributed by atoms with E-state index in [-0.39, 0.29) is 104 Å². The van der Waals surface area contributed by atoms with Crippen LogP contribution >= 0.6 is 0 Å². The highest BCUT2D eigenvalue weighted by atomic mass is 16.8. The van der Waals surface area contributed by atoms with E-state index in [1.54, 1.807) is 0 Å². The molecular weight excluding hydrogens is 668 g/mol. The van der Waals surface area contributed by atoms with Gasteiger partial charge in [-0.3, -0.25) is 4.79 Å². The molecule has 0 saturated carbocycles. The minimum absolute atomic E-state index is 0.0143.